The quantitative estimate of drug-likeness (QED) is 0.358. The number of nitrogens with one attached hydrogen (secondary N) is 3. The van der Waals surface area contributed by atoms with Gasteiger partial charge in [-0.05, 0) is 6.07 Å². The summed E-state index contributed by atoms with van der Waals surface area (Å²) in [5.41, 5.74) is -0.262. The Labute approximate surface area is 115 Å². The highest BCUT2D eigenvalue weighted by Crippen LogP contribution is 2.22. The van der Waals surface area contributed by atoms with Crippen LogP contribution in [-0.4, -0.2) is 43.9 Å². The number of anilines is 1. The van der Waals surface area contributed by atoms with E-state index in [9.17, 15) is 19.7 Å². The van der Waals surface area contributed by atoms with Gasteiger partial charge in [0, 0.05) is 6.07 Å². The van der Waals surface area contributed by atoms with E-state index in [1.807, 2.05) is 14.1 Å². The fourth-order valence-corrected chi connectivity index (χ4v) is 1.42. The van der Waals surface area contributed by atoms with Crippen molar-refractivity contribution in [2.45, 2.75) is 0 Å². The molecular weight excluding hydrogens is 264 g/mol. The molecule has 8 heteroatoms. The maximum Gasteiger partial charge on any atom is 0.313 e. The number of carbonyl (C=O) groups excluding carboxylic acids is 2. The molecule has 1 rings (SSSR count). The molecule has 0 bridgehead atoms. The van der Waals surface area contributed by atoms with Gasteiger partial charge < -0.3 is 15.5 Å². The molecule has 0 saturated carbocycles. The highest BCUT2D eigenvalue weighted by molar-refractivity contribution is 6.39. The summed E-state index contributed by atoms with van der Waals surface area (Å²) in [5.74, 6) is -1.74. The van der Waals surface area contributed by atoms with Crippen molar-refractivity contribution >= 4 is 23.2 Å². The molecule has 0 aromatic heterocycles. The van der Waals surface area contributed by atoms with Crippen LogP contribution < -0.4 is 15.5 Å². The Kier molecular flexibility index (Phi) is 5.60. The minimum Gasteiger partial charge on any atom is -0.342 e. The number of nitro groups is 1. The van der Waals surface area contributed by atoms with E-state index in [0.29, 0.717) is 13.1 Å². The Morgan fingerprint density at radius 1 is 1.25 bits per heavy atom. The number of quaternary nitrogens is 1. The van der Waals surface area contributed by atoms with Crippen molar-refractivity contribution in [3.05, 3.63) is 34.4 Å². The van der Waals surface area contributed by atoms with Crippen molar-refractivity contribution in [2.24, 2.45) is 0 Å². The van der Waals surface area contributed by atoms with Crippen LogP contribution in [-0.2, 0) is 9.59 Å². The molecule has 0 unspecified atom stereocenters. The summed E-state index contributed by atoms with van der Waals surface area (Å²) in [5, 5.41) is 15.4. The summed E-state index contributed by atoms with van der Waals surface area (Å²) < 4.78 is 0. The highest BCUT2D eigenvalue weighted by atomic mass is 16.6. The zero-order chi connectivity index (χ0) is 15.1. The Hall–Kier alpha value is -2.48. The number of likely N-dealkylation sites (N-methyl/N-ethyl adjacent to an activating group) is 1. The minimum absolute atomic E-state index is 0.00381. The monoisotopic (exact) mass is 281 g/mol. The van der Waals surface area contributed by atoms with Crippen LogP contribution in [0.2, 0.25) is 0 Å². The van der Waals surface area contributed by atoms with E-state index in [2.05, 4.69) is 10.6 Å². The Bertz CT molecular complexity index is 516. The van der Waals surface area contributed by atoms with E-state index >= 15 is 0 Å². The van der Waals surface area contributed by atoms with E-state index in [1.165, 1.54) is 24.3 Å². The fourth-order valence-electron chi connectivity index (χ4n) is 1.42. The molecule has 108 valence electrons. The van der Waals surface area contributed by atoms with E-state index in [0.717, 1.165) is 4.90 Å². The predicted molar refractivity (Wildman–Crippen MR) is 72.4 cm³/mol. The smallest absolute Gasteiger partial charge is 0.313 e. The molecule has 0 fully saturated rings. The zero-order valence-corrected chi connectivity index (χ0v) is 11.3. The second kappa shape index (κ2) is 7.19. The summed E-state index contributed by atoms with van der Waals surface area (Å²) in [7, 11) is 3.83. The SMILES string of the molecule is C[NH+](C)CCNC(=O)C(=O)Nc1ccccc1[N+](=O)[O-]. The normalized spacial score (nSPS) is 10.2. The summed E-state index contributed by atoms with van der Waals surface area (Å²) in [6.07, 6.45) is 0. The number of carbonyl (C=O) groups is 2. The first kappa shape index (κ1) is 15.6. The predicted octanol–water partition coefficient (Wildman–Crippen LogP) is -1.21. The molecule has 0 radical (unpaired) electrons. The van der Waals surface area contributed by atoms with Crippen LogP contribution in [0.4, 0.5) is 11.4 Å². The van der Waals surface area contributed by atoms with E-state index in [4.69, 9.17) is 0 Å². The molecule has 20 heavy (non-hydrogen) atoms. The van der Waals surface area contributed by atoms with Gasteiger partial charge in [0.1, 0.15) is 5.69 Å². The zero-order valence-electron chi connectivity index (χ0n) is 11.3. The largest absolute Gasteiger partial charge is 0.342 e. The van der Waals surface area contributed by atoms with Gasteiger partial charge in [-0.15, -0.1) is 0 Å². The summed E-state index contributed by atoms with van der Waals surface area (Å²) in [6, 6.07) is 5.64. The summed E-state index contributed by atoms with van der Waals surface area (Å²) in [4.78, 5) is 34.4. The number of nitro benzene ring substituents is 1. The maximum atomic E-state index is 11.6. The lowest BCUT2D eigenvalue weighted by Gasteiger charge is -2.08. The number of amides is 2. The average molecular weight is 281 g/mol. The van der Waals surface area contributed by atoms with Crippen LogP contribution in [0.3, 0.4) is 0 Å². The van der Waals surface area contributed by atoms with E-state index in [-0.39, 0.29) is 11.4 Å². The molecule has 0 heterocycles. The molecule has 0 aliphatic rings. The molecule has 2 amide bonds. The number of nitrogens with zero attached hydrogens (tertiary/aromatic N) is 1. The number of rotatable bonds is 5. The summed E-state index contributed by atoms with van der Waals surface area (Å²) >= 11 is 0. The molecule has 8 nitrogen and oxygen atoms in total. The molecule has 0 aliphatic carbocycles. The molecule has 0 atom stereocenters. The van der Waals surface area contributed by atoms with Gasteiger partial charge in [-0.25, -0.2) is 0 Å². The second-order valence-corrected chi connectivity index (χ2v) is 4.44. The van der Waals surface area contributed by atoms with Crippen molar-refractivity contribution in [2.75, 3.05) is 32.5 Å². The highest BCUT2D eigenvalue weighted by Gasteiger charge is 2.19. The van der Waals surface area contributed by atoms with Crippen LogP contribution in [0.15, 0.2) is 24.3 Å². The Balaban J connectivity index is 2.62. The van der Waals surface area contributed by atoms with Crippen molar-refractivity contribution in [3.8, 4) is 0 Å². The van der Waals surface area contributed by atoms with Crippen LogP contribution in [0.25, 0.3) is 0 Å². The van der Waals surface area contributed by atoms with E-state index in [1.54, 1.807) is 0 Å². The van der Waals surface area contributed by atoms with Crippen molar-refractivity contribution in [1.82, 2.24) is 5.32 Å². The topological polar surface area (TPSA) is 106 Å². The number of benzene rings is 1. The van der Waals surface area contributed by atoms with Crippen LogP contribution in [0, 0.1) is 10.1 Å². The molecule has 0 saturated heterocycles. The number of hydrogen-bond donors (Lipinski definition) is 3. The van der Waals surface area contributed by atoms with Gasteiger partial charge in [0.15, 0.2) is 0 Å². The van der Waals surface area contributed by atoms with Gasteiger partial charge in [0.2, 0.25) is 0 Å². The first-order valence-corrected chi connectivity index (χ1v) is 6.03. The van der Waals surface area contributed by atoms with Crippen molar-refractivity contribution in [1.29, 1.82) is 0 Å². The maximum absolute atomic E-state index is 11.6. The van der Waals surface area contributed by atoms with Gasteiger partial charge in [-0.3, -0.25) is 19.7 Å². The molecule has 0 aliphatic heterocycles. The molecule has 1 aromatic rings. The third kappa shape index (κ3) is 4.65. The third-order valence-corrected chi connectivity index (χ3v) is 2.47. The second-order valence-electron chi connectivity index (χ2n) is 4.44. The Morgan fingerprint density at radius 2 is 1.90 bits per heavy atom. The van der Waals surface area contributed by atoms with Gasteiger partial charge in [-0.2, -0.15) is 0 Å². The van der Waals surface area contributed by atoms with Crippen LogP contribution in [0.1, 0.15) is 0 Å². The molecular formula is C12H17N4O4+. The van der Waals surface area contributed by atoms with E-state index < -0.39 is 16.7 Å². The lowest BCUT2D eigenvalue weighted by molar-refractivity contribution is -0.856. The average Bonchev–Trinajstić information content (AvgIpc) is 2.38. The summed E-state index contributed by atoms with van der Waals surface area (Å²) in [6.45, 7) is 1.02. The van der Waals surface area contributed by atoms with Gasteiger partial charge in [0.05, 0.1) is 32.1 Å². The van der Waals surface area contributed by atoms with Gasteiger partial charge in [-0.1, -0.05) is 12.1 Å². The van der Waals surface area contributed by atoms with Crippen molar-refractivity contribution in [3.63, 3.8) is 0 Å². The third-order valence-electron chi connectivity index (χ3n) is 2.47. The van der Waals surface area contributed by atoms with Crippen LogP contribution >= 0.6 is 0 Å². The van der Waals surface area contributed by atoms with Crippen molar-refractivity contribution < 1.29 is 19.4 Å². The van der Waals surface area contributed by atoms with Crippen LogP contribution in [0.5, 0.6) is 0 Å². The standard InChI is InChI=1S/C12H16N4O4/c1-15(2)8-7-13-11(17)12(18)14-9-5-3-4-6-10(9)16(19)20/h3-6H,7-8H2,1-2H3,(H,13,17)(H,14,18)/p+1. The first-order valence-electron chi connectivity index (χ1n) is 6.03. The lowest BCUT2D eigenvalue weighted by atomic mass is 10.2. The van der Waals surface area contributed by atoms with Gasteiger partial charge >= 0.3 is 11.8 Å². The molecule has 0 spiro atoms. The number of hydrogen-bond acceptors (Lipinski definition) is 4. The van der Waals surface area contributed by atoms with Gasteiger partial charge in [0.25, 0.3) is 5.69 Å². The lowest BCUT2D eigenvalue weighted by Crippen LogP contribution is -3.06. The first-order chi connectivity index (χ1) is 9.41. The molecule has 1 aromatic carbocycles. The minimum atomic E-state index is -0.923. The fraction of sp³-hybridized carbons (Fsp3) is 0.333. The molecule has 3 N–H and O–H groups in total. The Morgan fingerprint density at radius 3 is 2.50 bits per heavy atom. The number of para-hydroxylation sites is 2.